The van der Waals surface area contributed by atoms with E-state index in [-0.39, 0.29) is 17.3 Å². The van der Waals surface area contributed by atoms with Gasteiger partial charge in [0.1, 0.15) is 12.0 Å². The van der Waals surface area contributed by atoms with Crippen LogP contribution in [0.1, 0.15) is 30.1 Å². The summed E-state index contributed by atoms with van der Waals surface area (Å²) in [6.07, 6.45) is 1.36. The Morgan fingerprint density at radius 2 is 1.96 bits per heavy atom. The number of nitrogens with zero attached hydrogens (tertiary/aromatic N) is 5. The number of alkyl halides is 3. The van der Waals surface area contributed by atoms with E-state index in [1.54, 1.807) is 18.3 Å². The van der Waals surface area contributed by atoms with E-state index in [1.165, 1.54) is 21.6 Å². The van der Waals surface area contributed by atoms with Gasteiger partial charge in [-0.05, 0) is 18.9 Å². The topological polar surface area (TPSA) is 48.0 Å². The molecule has 1 saturated carbocycles. The number of para-hydroxylation sites is 1. The lowest BCUT2D eigenvalue weighted by atomic mass is 10.2. The Labute approximate surface area is 150 Å². The number of fused-ring (bicyclic) bond motifs is 2. The first-order valence-electron chi connectivity index (χ1n) is 8.01. The number of benzene rings is 1. The standard InChI is InChI=1S/C17H11ClF3N5/c18-11-3-1-2-10-6-23-26(13(10)11)12-7-22-8-25-14(9-4-5-9)15(17(19,20)21)24-16(12)25/h1-3,6-9H,4-5H2. The van der Waals surface area contributed by atoms with Gasteiger partial charge in [-0.2, -0.15) is 18.3 Å². The summed E-state index contributed by atoms with van der Waals surface area (Å²) in [7, 11) is 0. The van der Waals surface area contributed by atoms with Gasteiger partial charge in [0.15, 0.2) is 11.3 Å². The molecular formula is C17H11ClF3N5. The van der Waals surface area contributed by atoms with E-state index in [0.29, 0.717) is 16.2 Å². The third-order valence-electron chi connectivity index (χ3n) is 4.56. The predicted octanol–water partition coefficient (Wildman–Crippen LogP) is 4.62. The molecule has 0 radical (unpaired) electrons. The third-order valence-corrected chi connectivity index (χ3v) is 4.86. The Bertz CT molecular complexity index is 1160. The molecule has 4 aromatic rings. The molecule has 0 bridgehead atoms. The molecule has 0 atom stereocenters. The zero-order chi connectivity index (χ0) is 18.1. The fraction of sp³-hybridized carbons (Fsp3) is 0.235. The summed E-state index contributed by atoms with van der Waals surface area (Å²) in [4.78, 5) is 8.05. The molecule has 1 fully saturated rings. The van der Waals surface area contributed by atoms with Crippen molar-refractivity contribution < 1.29 is 13.2 Å². The van der Waals surface area contributed by atoms with Crippen molar-refractivity contribution in [2.24, 2.45) is 0 Å². The predicted molar refractivity (Wildman–Crippen MR) is 89.6 cm³/mol. The van der Waals surface area contributed by atoms with Crippen molar-refractivity contribution in [3.05, 3.63) is 53.3 Å². The summed E-state index contributed by atoms with van der Waals surface area (Å²) in [5, 5.41) is 5.53. The molecule has 9 heteroatoms. The van der Waals surface area contributed by atoms with Gasteiger partial charge < -0.3 is 0 Å². The summed E-state index contributed by atoms with van der Waals surface area (Å²) in [5.74, 6) is -0.142. The van der Waals surface area contributed by atoms with Crippen LogP contribution in [-0.2, 0) is 6.18 Å². The maximum Gasteiger partial charge on any atom is 0.435 e. The quantitative estimate of drug-likeness (QED) is 0.512. The maximum absolute atomic E-state index is 13.5. The molecule has 132 valence electrons. The minimum absolute atomic E-state index is 0.142. The maximum atomic E-state index is 13.5. The second-order valence-corrected chi connectivity index (χ2v) is 6.73. The van der Waals surface area contributed by atoms with Gasteiger partial charge in [-0.15, -0.1) is 0 Å². The molecule has 0 aliphatic heterocycles. The van der Waals surface area contributed by atoms with Gasteiger partial charge in [-0.25, -0.2) is 14.6 Å². The molecule has 26 heavy (non-hydrogen) atoms. The van der Waals surface area contributed by atoms with Crippen LogP contribution < -0.4 is 0 Å². The zero-order valence-corrected chi connectivity index (χ0v) is 14.0. The zero-order valence-electron chi connectivity index (χ0n) is 13.2. The Kier molecular flexibility index (Phi) is 3.13. The number of hydrogen-bond acceptors (Lipinski definition) is 3. The van der Waals surface area contributed by atoms with Crippen LogP contribution in [0.5, 0.6) is 0 Å². The lowest BCUT2D eigenvalue weighted by Crippen LogP contribution is -2.09. The number of aromatic nitrogens is 5. The van der Waals surface area contributed by atoms with Crippen LogP contribution >= 0.6 is 11.6 Å². The summed E-state index contributed by atoms with van der Waals surface area (Å²) >= 11 is 6.29. The lowest BCUT2D eigenvalue weighted by molar-refractivity contribution is -0.141. The molecule has 3 heterocycles. The highest BCUT2D eigenvalue weighted by atomic mass is 35.5. The molecule has 5 rings (SSSR count). The average Bonchev–Trinajstić information content (AvgIpc) is 3.19. The van der Waals surface area contributed by atoms with Crippen molar-refractivity contribution in [2.75, 3.05) is 0 Å². The Hall–Kier alpha value is -2.61. The van der Waals surface area contributed by atoms with Crippen LogP contribution in [0.2, 0.25) is 5.02 Å². The van der Waals surface area contributed by atoms with E-state index in [4.69, 9.17) is 11.6 Å². The molecule has 0 spiro atoms. The number of imidazole rings is 1. The van der Waals surface area contributed by atoms with E-state index in [1.807, 2.05) is 6.07 Å². The average molecular weight is 378 g/mol. The molecule has 1 aliphatic carbocycles. The van der Waals surface area contributed by atoms with Crippen molar-refractivity contribution in [3.63, 3.8) is 0 Å². The van der Waals surface area contributed by atoms with E-state index in [9.17, 15) is 13.2 Å². The van der Waals surface area contributed by atoms with Gasteiger partial charge in [-0.3, -0.25) is 4.40 Å². The molecular weight excluding hydrogens is 367 g/mol. The summed E-state index contributed by atoms with van der Waals surface area (Å²) in [6.45, 7) is 0. The third kappa shape index (κ3) is 2.21. The minimum atomic E-state index is -4.52. The van der Waals surface area contributed by atoms with Crippen molar-refractivity contribution in [1.82, 2.24) is 24.1 Å². The second kappa shape index (κ2) is 5.20. The fourth-order valence-corrected chi connectivity index (χ4v) is 3.56. The van der Waals surface area contributed by atoms with Crippen LogP contribution in [-0.4, -0.2) is 24.1 Å². The number of rotatable bonds is 2. The van der Waals surface area contributed by atoms with Crippen LogP contribution in [0.4, 0.5) is 13.2 Å². The van der Waals surface area contributed by atoms with E-state index >= 15 is 0 Å². The molecule has 1 aromatic carbocycles. The van der Waals surface area contributed by atoms with Gasteiger partial charge >= 0.3 is 6.18 Å². The summed E-state index contributed by atoms with van der Waals surface area (Å²) in [5.41, 5.74) is 0.446. The van der Waals surface area contributed by atoms with E-state index in [2.05, 4.69) is 15.1 Å². The van der Waals surface area contributed by atoms with Gasteiger partial charge in [0.05, 0.1) is 28.6 Å². The van der Waals surface area contributed by atoms with Gasteiger partial charge in [-0.1, -0.05) is 23.7 Å². The monoisotopic (exact) mass is 377 g/mol. The summed E-state index contributed by atoms with van der Waals surface area (Å²) in [6, 6.07) is 5.33. The smallest absolute Gasteiger partial charge is 0.285 e. The molecule has 5 nitrogen and oxygen atoms in total. The first-order chi connectivity index (χ1) is 12.4. The fourth-order valence-electron chi connectivity index (χ4n) is 3.30. The lowest BCUT2D eigenvalue weighted by Gasteiger charge is -2.07. The molecule has 0 N–H and O–H groups in total. The molecule has 1 aliphatic rings. The molecule has 0 amide bonds. The molecule has 0 unspecified atom stereocenters. The van der Waals surface area contributed by atoms with Crippen molar-refractivity contribution in [3.8, 4) is 5.69 Å². The number of hydrogen-bond donors (Lipinski definition) is 0. The van der Waals surface area contributed by atoms with Crippen molar-refractivity contribution in [1.29, 1.82) is 0 Å². The molecule has 3 aromatic heterocycles. The number of halogens is 4. The van der Waals surface area contributed by atoms with Crippen molar-refractivity contribution in [2.45, 2.75) is 24.9 Å². The van der Waals surface area contributed by atoms with Crippen LogP contribution in [0, 0.1) is 0 Å². The van der Waals surface area contributed by atoms with Crippen molar-refractivity contribution >= 4 is 28.2 Å². The highest BCUT2D eigenvalue weighted by Gasteiger charge is 2.43. The summed E-state index contributed by atoms with van der Waals surface area (Å²) < 4.78 is 43.5. The second-order valence-electron chi connectivity index (χ2n) is 6.32. The van der Waals surface area contributed by atoms with Gasteiger partial charge in [0, 0.05) is 11.3 Å². The Morgan fingerprint density at radius 3 is 2.69 bits per heavy atom. The first kappa shape index (κ1) is 15.6. The van der Waals surface area contributed by atoms with Crippen LogP contribution in [0.25, 0.3) is 22.2 Å². The first-order valence-corrected chi connectivity index (χ1v) is 8.38. The highest BCUT2D eigenvalue weighted by Crippen LogP contribution is 2.46. The van der Waals surface area contributed by atoms with Gasteiger partial charge in [0.2, 0.25) is 0 Å². The van der Waals surface area contributed by atoms with Gasteiger partial charge in [0.25, 0.3) is 0 Å². The highest BCUT2D eigenvalue weighted by molar-refractivity contribution is 6.35. The Balaban J connectivity index is 1.84. The largest absolute Gasteiger partial charge is 0.435 e. The van der Waals surface area contributed by atoms with Crippen LogP contribution in [0.15, 0.2) is 36.9 Å². The normalized spacial score (nSPS) is 15.2. The minimum Gasteiger partial charge on any atom is -0.285 e. The SMILES string of the molecule is FC(F)(F)c1nc2c(-n3ncc4cccc(Cl)c43)cncn2c1C1CC1. The van der Waals surface area contributed by atoms with E-state index < -0.39 is 11.9 Å². The van der Waals surface area contributed by atoms with Crippen LogP contribution in [0.3, 0.4) is 0 Å². The Morgan fingerprint density at radius 1 is 1.15 bits per heavy atom. The van der Waals surface area contributed by atoms with E-state index in [0.717, 1.165) is 18.2 Å². The molecule has 0 saturated heterocycles.